The zero-order valence-corrected chi connectivity index (χ0v) is 10.9. The molecule has 0 N–H and O–H groups in total. The molecule has 0 fully saturated rings. The Morgan fingerprint density at radius 3 is 2.82 bits per heavy atom. The fourth-order valence-electron chi connectivity index (χ4n) is 1.78. The second-order valence-corrected chi connectivity index (χ2v) is 4.65. The molecule has 0 aliphatic carbocycles. The highest BCUT2D eigenvalue weighted by molar-refractivity contribution is 6.31. The first kappa shape index (κ1) is 12.0. The normalized spacial score (nSPS) is 14.0. The minimum atomic E-state index is -0.0607. The number of halogens is 1. The Balaban J connectivity index is 2.44. The molecule has 0 spiro atoms. The Morgan fingerprint density at radius 1 is 1.47 bits per heavy atom. The van der Waals surface area contributed by atoms with Gasteiger partial charge in [0.05, 0.1) is 12.2 Å². The summed E-state index contributed by atoms with van der Waals surface area (Å²) in [4.78, 5) is 15.2. The summed E-state index contributed by atoms with van der Waals surface area (Å²) in [6, 6.07) is 3.59. The standard InChI is InChI=1S/C12H15ClN2O2/c1-8-6-11-10(7-9(8)13)15(4-5-17-11)12(16)14(2)3/h6-7H,4-5H2,1-3H3. The molecule has 2 rings (SSSR count). The molecular weight excluding hydrogens is 240 g/mol. The van der Waals surface area contributed by atoms with E-state index < -0.39 is 0 Å². The summed E-state index contributed by atoms with van der Waals surface area (Å²) in [5.74, 6) is 0.716. The van der Waals surface area contributed by atoms with Gasteiger partial charge in [0.25, 0.3) is 0 Å². The van der Waals surface area contributed by atoms with Crippen LogP contribution in [0.4, 0.5) is 10.5 Å². The average Bonchev–Trinajstić information content (AvgIpc) is 2.29. The van der Waals surface area contributed by atoms with Crippen LogP contribution in [0.25, 0.3) is 0 Å². The molecule has 1 aromatic rings. The summed E-state index contributed by atoms with van der Waals surface area (Å²) in [5, 5.41) is 0.644. The van der Waals surface area contributed by atoms with Crippen molar-refractivity contribution >= 4 is 23.3 Å². The number of fused-ring (bicyclic) bond motifs is 1. The second kappa shape index (κ2) is 4.45. The van der Waals surface area contributed by atoms with Gasteiger partial charge in [-0.2, -0.15) is 0 Å². The van der Waals surface area contributed by atoms with Crippen LogP contribution in [0.5, 0.6) is 5.75 Å². The summed E-state index contributed by atoms with van der Waals surface area (Å²) in [5.41, 5.74) is 1.69. The third-order valence-electron chi connectivity index (χ3n) is 2.72. The lowest BCUT2D eigenvalue weighted by Gasteiger charge is -2.31. The van der Waals surface area contributed by atoms with Gasteiger partial charge < -0.3 is 9.64 Å². The Kier molecular flexibility index (Phi) is 3.15. The van der Waals surface area contributed by atoms with Gasteiger partial charge in [0.1, 0.15) is 12.4 Å². The van der Waals surface area contributed by atoms with E-state index in [0.717, 1.165) is 11.3 Å². The van der Waals surface area contributed by atoms with E-state index in [9.17, 15) is 4.79 Å². The van der Waals surface area contributed by atoms with E-state index in [2.05, 4.69) is 0 Å². The number of ether oxygens (including phenoxy) is 1. The van der Waals surface area contributed by atoms with Crippen LogP contribution in [0, 0.1) is 6.92 Å². The molecule has 0 aromatic heterocycles. The highest BCUT2D eigenvalue weighted by atomic mass is 35.5. The number of carbonyl (C=O) groups is 1. The fourth-order valence-corrected chi connectivity index (χ4v) is 1.94. The second-order valence-electron chi connectivity index (χ2n) is 4.25. The van der Waals surface area contributed by atoms with Crippen LogP contribution >= 0.6 is 11.6 Å². The summed E-state index contributed by atoms with van der Waals surface area (Å²) in [6.45, 7) is 2.97. The lowest BCUT2D eigenvalue weighted by molar-refractivity contribution is 0.218. The number of hydrogen-bond donors (Lipinski definition) is 0. The quantitative estimate of drug-likeness (QED) is 0.713. The topological polar surface area (TPSA) is 32.8 Å². The molecule has 1 heterocycles. The van der Waals surface area contributed by atoms with Crippen molar-refractivity contribution in [2.24, 2.45) is 0 Å². The molecule has 0 atom stereocenters. The highest BCUT2D eigenvalue weighted by Crippen LogP contribution is 2.36. The van der Waals surface area contributed by atoms with Gasteiger partial charge in [0, 0.05) is 19.1 Å². The minimum absolute atomic E-state index is 0.0607. The van der Waals surface area contributed by atoms with Crippen molar-refractivity contribution < 1.29 is 9.53 Å². The van der Waals surface area contributed by atoms with Gasteiger partial charge in [-0.3, -0.25) is 4.90 Å². The number of hydrogen-bond acceptors (Lipinski definition) is 2. The van der Waals surface area contributed by atoms with Crippen molar-refractivity contribution in [3.63, 3.8) is 0 Å². The van der Waals surface area contributed by atoms with Crippen LogP contribution in [-0.2, 0) is 0 Å². The number of anilines is 1. The fraction of sp³-hybridized carbons (Fsp3) is 0.417. The van der Waals surface area contributed by atoms with Crippen molar-refractivity contribution in [1.82, 2.24) is 4.90 Å². The van der Waals surface area contributed by atoms with E-state index in [-0.39, 0.29) is 6.03 Å². The van der Waals surface area contributed by atoms with Gasteiger partial charge >= 0.3 is 6.03 Å². The molecule has 4 nitrogen and oxygen atoms in total. The lowest BCUT2D eigenvalue weighted by atomic mass is 10.1. The molecule has 92 valence electrons. The maximum atomic E-state index is 12.0. The number of benzene rings is 1. The Hall–Kier alpha value is -1.42. The van der Waals surface area contributed by atoms with Gasteiger partial charge in [0.2, 0.25) is 0 Å². The van der Waals surface area contributed by atoms with E-state index in [1.807, 2.05) is 13.0 Å². The SMILES string of the molecule is Cc1cc2c(cc1Cl)N(C(=O)N(C)C)CCO2. The van der Waals surface area contributed by atoms with Crippen LogP contribution in [0.15, 0.2) is 12.1 Å². The van der Waals surface area contributed by atoms with Gasteiger partial charge in [-0.15, -0.1) is 0 Å². The summed E-state index contributed by atoms with van der Waals surface area (Å²) >= 11 is 6.09. The predicted octanol–water partition coefficient (Wildman–Crippen LogP) is 2.53. The van der Waals surface area contributed by atoms with E-state index in [0.29, 0.717) is 23.9 Å². The molecule has 0 saturated carbocycles. The molecule has 1 aromatic carbocycles. The molecule has 5 heteroatoms. The maximum absolute atomic E-state index is 12.0. The van der Waals surface area contributed by atoms with E-state index in [1.54, 1.807) is 30.0 Å². The smallest absolute Gasteiger partial charge is 0.324 e. The maximum Gasteiger partial charge on any atom is 0.324 e. The third-order valence-corrected chi connectivity index (χ3v) is 3.12. The predicted molar refractivity (Wildman–Crippen MR) is 68.1 cm³/mol. The van der Waals surface area contributed by atoms with Crippen molar-refractivity contribution in [2.75, 3.05) is 32.1 Å². The first-order chi connectivity index (χ1) is 8.00. The molecular formula is C12H15ClN2O2. The first-order valence-corrected chi connectivity index (χ1v) is 5.80. The van der Waals surface area contributed by atoms with Gasteiger partial charge in [-0.1, -0.05) is 11.6 Å². The number of amides is 2. The van der Waals surface area contributed by atoms with Crippen molar-refractivity contribution in [3.05, 3.63) is 22.7 Å². The van der Waals surface area contributed by atoms with Crippen LogP contribution in [0.3, 0.4) is 0 Å². The van der Waals surface area contributed by atoms with E-state index in [4.69, 9.17) is 16.3 Å². The summed E-state index contributed by atoms with van der Waals surface area (Å²) < 4.78 is 5.55. The zero-order valence-electron chi connectivity index (χ0n) is 10.2. The molecule has 0 radical (unpaired) electrons. The Labute approximate surface area is 106 Å². The monoisotopic (exact) mass is 254 g/mol. The number of rotatable bonds is 0. The average molecular weight is 255 g/mol. The molecule has 17 heavy (non-hydrogen) atoms. The van der Waals surface area contributed by atoms with Gasteiger partial charge in [0.15, 0.2) is 0 Å². The number of aryl methyl sites for hydroxylation is 1. The molecule has 2 amide bonds. The summed E-state index contributed by atoms with van der Waals surface area (Å²) in [7, 11) is 3.46. The van der Waals surface area contributed by atoms with Crippen molar-refractivity contribution in [2.45, 2.75) is 6.92 Å². The molecule has 0 unspecified atom stereocenters. The number of carbonyl (C=O) groups excluding carboxylic acids is 1. The zero-order chi connectivity index (χ0) is 12.6. The van der Waals surface area contributed by atoms with Crippen LogP contribution < -0.4 is 9.64 Å². The molecule has 1 aliphatic heterocycles. The Bertz CT molecular complexity index is 460. The summed E-state index contributed by atoms with van der Waals surface area (Å²) in [6.07, 6.45) is 0. The van der Waals surface area contributed by atoms with Crippen LogP contribution in [-0.4, -0.2) is 38.2 Å². The number of urea groups is 1. The number of nitrogens with zero attached hydrogens (tertiary/aromatic N) is 2. The van der Waals surface area contributed by atoms with Crippen molar-refractivity contribution in [1.29, 1.82) is 0 Å². The molecule has 0 bridgehead atoms. The molecule has 1 aliphatic rings. The highest BCUT2D eigenvalue weighted by Gasteiger charge is 2.25. The van der Waals surface area contributed by atoms with Gasteiger partial charge in [-0.25, -0.2) is 4.79 Å². The lowest BCUT2D eigenvalue weighted by Crippen LogP contribution is -2.43. The third kappa shape index (κ3) is 2.17. The van der Waals surface area contributed by atoms with E-state index >= 15 is 0 Å². The Morgan fingerprint density at radius 2 is 2.18 bits per heavy atom. The van der Waals surface area contributed by atoms with Crippen LogP contribution in [0.2, 0.25) is 5.02 Å². The first-order valence-electron chi connectivity index (χ1n) is 5.42. The largest absolute Gasteiger partial charge is 0.490 e. The van der Waals surface area contributed by atoms with E-state index in [1.165, 1.54) is 0 Å². The van der Waals surface area contributed by atoms with Crippen LogP contribution in [0.1, 0.15) is 5.56 Å². The minimum Gasteiger partial charge on any atom is -0.490 e. The van der Waals surface area contributed by atoms with Gasteiger partial charge in [-0.05, 0) is 24.6 Å². The molecule has 0 saturated heterocycles. The van der Waals surface area contributed by atoms with Crippen molar-refractivity contribution in [3.8, 4) is 5.75 Å².